The van der Waals surface area contributed by atoms with Gasteiger partial charge in [0.25, 0.3) is 0 Å². The molecule has 19 heavy (non-hydrogen) atoms. The molecule has 0 aliphatic rings. The highest BCUT2D eigenvalue weighted by atomic mass is 32.1. The first kappa shape index (κ1) is 14.2. The van der Waals surface area contributed by atoms with Crippen molar-refractivity contribution in [1.82, 2.24) is 10.3 Å². The van der Waals surface area contributed by atoms with Crippen molar-refractivity contribution < 1.29 is 0 Å². The van der Waals surface area contributed by atoms with Crippen molar-refractivity contribution in [1.29, 1.82) is 0 Å². The summed E-state index contributed by atoms with van der Waals surface area (Å²) in [7, 11) is 0. The summed E-state index contributed by atoms with van der Waals surface area (Å²) in [5.74, 6) is 0.574. The third kappa shape index (κ3) is 3.64. The Balaban J connectivity index is 2.28. The van der Waals surface area contributed by atoms with Crippen molar-refractivity contribution in [2.75, 3.05) is 0 Å². The van der Waals surface area contributed by atoms with Gasteiger partial charge in [0.1, 0.15) is 5.01 Å². The van der Waals surface area contributed by atoms with E-state index in [2.05, 4.69) is 62.3 Å². The minimum absolute atomic E-state index is 0.196. The highest BCUT2D eigenvalue weighted by Gasteiger charge is 2.17. The Hall–Kier alpha value is -1.19. The molecule has 1 aromatic carbocycles. The summed E-state index contributed by atoms with van der Waals surface area (Å²) in [6.45, 7) is 8.78. The number of nitrogens with one attached hydrogen (secondary N) is 1. The lowest BCUT2D eigenvalue weighted by atomic mass is 9.99. The molecule has 0 fully saturated rings. The zero-order valence-corrected chi connectivity index (χ0v) is 12.9. The molecule has 0 amide bonds. The average Bonchev–Trinajstić information content (AvgIpc) is 2.89. The van der Waals surface area contributed by atoms with E-state index in [-0.39, 0.29) is 6.04 Å². The van der Waals surface area contributed by atoms with Gasteiger partial charge in [0.05, 0.1) is 6.04 Å². The van der Waals surface area contributed by atoms with Gasteiger partial charge in [-0.15, -0.1) is 11.3 Å². The highest BCUT2D eigenvalue weighted by Crippen LogP contribution is 2.26. The van der Waals surface area contributed by atoms with Gasteiger partial charge in [-0.1, -0.05) is 38.1 Å². The molecule has 1 atom stereocenters. The first-order chi connectivity index (χ1) is 9.08. The molecule has 1 unspecified atom stereocenters. The Morgan fingerprint density at radius 3 is 2.11 bits per heavy atom. The zero-order chi connectivity index (χ0) is 13.8. The van der Waals surface area contributed by atoms with E-state index in [4.69, 9.17) is 0 Å². The molecule has 1 heterocycles. The Morgan fingerprint density at radius 1 is 1.00 bits per heavy atom. The Morgan fingerprint density at radius 2 is 1.63 bits per heavy atom. The summed E-state index contributed by atoms with van der Waals surface area (Å²) in [4.78, 5) is 4.46. The van der Waals surface area contributed by atoms with Gasteiger partial charge in [0.2, 0.25) is 0 Å². The molecule has 0 saturated carbocycles. The van der Waals surface area contributed by atoms with Crippen LogP contribution in [0.3, 0.4) is 0 Å². The second kappa shape index (κ2) is 6.31. The van der Waals surface area contributed by atoms with E-state index in [9.17, 15) is 0 Å². The first-order valence-electron chi connectivity index (χ1n) is 6.83. The van der Waals surface area contributed by atoms with Crippen LogP contribution in [0, 0.1) is 0 Å². The predicted molar refractivity (Wildman–Crippen MR) is 82.8 cm³/mol. The Bertz CT molecular complexity index is 486. The molecular weight excluding hydrogens is 252 g/mol. The van der Waals surface area contributed by atoms with E-state index in [1.807, 2.05) is 11.6 Å². The van der Waals surface area contributed by atoms with Crippen LogP contribution in [0.2, 0.25) is 0 Å². The number of nitrogens with zero attached hydrogens (tertiary/aromatic N) is 1. The van der Waals surface area contributed by atoms with Gasteiger partial charge < -0.3 is 5.32 Å². The monoisotopic (exact) mass is 274 g/mol. The fourth-order valence-corrected chi connectivity index (χ4v) is 2.82. The molecule has 2 nitrogen and oxygen atoms in total. The van der Waals surface area contributed by atoms with Gasteiger partial charge in [-0.3, -0.25) is 0 Å². The van der Waals surface area contributed by atoms with Gasteiger partial charge in [-0.05, 0) is 30.9 Å². The van der Waals surface area contributed by atoms with Crippen molar-refractivity contribution in [3.8, 4) is 0 Å². The molecule has 2 rings (SSSR count). The normalized spacial score (nSPS) is 13.2. The number of aromatic nitrogens is 1. The number of benzene rings is 1. The number of thiazole rings is 1. The number of hydrogen-bond acceptors (Lipinski definition) is 3. The van der Waals surface area contributed by atoms with Gasteiger partial charge in [-0.25, -0.2) is 4.98 Å². The van der Waals surface area contributed by atoms with Crippen molar-refractivity contribution in [2.45, 2.75) is 45.7 Å². The molecule has 0 spiro atoms. The molecule has 3 heteroatoms. The lowest BCUT2D eigenvalue weighted by molar-refractivity contribution is 0.527. The van der Waals surface area contributed by atoms with Crippen molar-refractivity contribution in [2.24, 2.45) is 0 Å². The number of hydrogen-bond donors (Lipinski definition) is 1. The molecule has 2 aromatic rings. The minimum Gasteiger partial charge on any atom is -0.302 e. The maximum absolute atomic E-state index is 4.46. The predicted octanol–water partition coefficient (Wildman–Crippen LogP) is 4.35. The summed E-state index contributed by atoms with van der Waals surface area (Å²) in [6, 6.07) is 9.51. The van der Waals surface area contributed by atoms with Crippen LogP contribution in [0.15, 0.2) is 35.8 Å². The summed E-state index contributed by atoms with van der Waals surface area (Å²) < 4.78 is 0. The Labute approximate surface area is 119 Å². The van der Waals surface area contributed by atoms with Crippen LogP contribution >= 0.6 is 11.3 Å². The van der Waals surface area contributed by atoms with Crippen LogP contribution in [0.4, 0.5) is 0 Å². The number of rotatable bonds is 5. The molecule has 0 bridgehead atoms. The summed E-state index contributed by atoms with van der Waals surface area (Å²) in [5.41, 5.74) is 2.67. The summed E-state index contributed by atoms with van der Waals surface area (Å²) in [5, 5.41) is 6.76. The molecule has 0 aliphatic heterocycles. The van der Waals surface area contributed by atoms with Gasteiger partial charge >= 0.3 is 0 Å². The largest absolute Gasteiger partial charge is 0.302 e. The van der Waals surface area contributed by atoms with Crippen LogP contribution in [0.1, 0.15) is 55.8 Å². The smallest absolute Gasteiger partial charge is 0.114 e. The summed E-state index contributed by atoms with van der Waals surface area (Å²) in [6.07, 6.45) is 1.87. The van der Waals surface area contributed by atoms with Crippen LogP contribution in [0.5, 0.6) is 0 Å². The maximum Gasteiger partial charge on any atom is 0.114 e. The van der Waals surface area contributed by atoms with E-state index < -0.39 is 0 Å². The molecule has 0 saturated heterocycles. The molecule has 0 radical (unpaired) electrons. The lowest BCUT2D eigenvalue weighted by Crippen LogP contribution is -2.28. The Kier molecular flexibility index (Phi) is 4.72. The van der Waals surface area contributed by atoms with Crippen LogP contribution in [-0.2, 0) is 0 Å². The highest BCUT2D eigenvalue weighted by molar-refractivity contribution is 7.09. The van der Waals surface area contributed by atoms with Crippen LogP contribution in [-0.4, -0.2) is 11.0 Å². The standard InChI is InChI=1S/C16H22N2S/c1-11(2)13-5-7-14(8-6-13)15(18-12(3)4)16-17-9-10-19-16/h5-12,15,18H,1-4H3. The van der Waals surface area contributed by atoms with Crippen LogP contribution in [0.25, 0.3) is 0 Å². The SMILES string of the molecule is CC(C)NC(c1ccc(C(C)C)cc1)c1nccs1. The quantitative estimate of drug-likeness (QED) is 0.876. The lowest BCUT2D eigenvalue weighted by Gasteiger charge is -2.20. The molecule has 1 N–H and O–H groups in total. The van der Waals surface area contributed by atoms with Gasteiger partial charge in [-0.2, -0.15) is 0 Å². The van der Waals surface area contributed by atoms with Gasteiger partial charge in [0, 0.05) is 17.6 Å². The first-order valence-corrected chi connectivity index (χ1v) is 7.71. The van der Waals surface area contributed by atoms with E-state index in [1.54, 1.807) is 11.3 Å². The second-order valence-electron chi connectivity index (χ2n) is 5.45. The van der Waals surface area contributed by atoms with Crippen molar-refractivity contribution in [3.63, 3.8) is 0 Å². The summed E-state index contributed by atoms with van der Waals surface area (Å²) >= 11 is 1.70. The third-order valence-corrected chi connectivity index (χ3v) is 3.98. The molecule has 0 aliphatic carbocycles. The van der Waals surface area contributed by atoms with E-state index in [1.165, 1.54) is 11.1 Å². The molecule has 1 aromatic heterocycles. The minimum atomic E-state index is 0.196. The van der Waals surface area contributed by atoms with Gasteiger partial charge in [0.15, 0.2) is 0 Å². The third-order valence-electron chi connectivity index (χ3n) is 3.13. The molecular formula is C16H22N2S. The van der Waals surface area contributed by atoms with E-state index >= 15 is 0 Å². The topological polar surface area (TPSA) is 24.9 Å². The van der Waals surface area contributed by atoms with E-state index in [0.29, 0.717) is 12.0 Å². The average molecular weight is 274 g/mol. The fraction of sp³-hybridized carbons (Fsp3) is 0.438. The molecule has 102 valence electrons. The fourth-order valence-electron chi connectivity index (χ4n) is 2.09. The maximum atomic E-state index is 4.46. The zero-order valence-electron chi connectivity index (χ0n) is 12.1. The van der Waals surface area contributed by atoms with Crippen molar-refractivity contribution >= 4 is 11.3 Å². The van der Waals surface area contributed by atoms with E-state index in [0.717, 1.165) is 5.01 Å². The second-order valence-corrected chi connectivity index (χ2v) is 6.37. The van der Waals surface area contributed by atoms with Crippen LogP contribution < -0.4 is 5.32 Å². The van der Waals surface area contributed by atoms with Crippen molar-refractivity contribution in [3.05, 3.63) is 52.0 Å².